The normalized spacial score (nSPS) is 10.2. The highest BCUT2D eigenvalue weighted by atomic mass is 35.5. The third-order valence-corrected chi connectivity index (χ3v) is 1.72. The molecule has 0 spiro atoms. The summed E-state index contributed by atoms with van der Waals surface area (Å²) in [5, 5.41) is 7.58. The molecular weight excluding hydrogens is 197 g/mol. The Balaban J connectivity index is 3.46. The first-order chi connectivity index (χ1) is 5.04. The largest absolute Gasteiger partial charge is 0.504 e. The van der Waals surface area contributed by atoms with Crippen molar-refractivity contribution in [2.24, 2.45) is 0 Å². The van der Waals surface area contributed by atoms with Crippen LogP contribution >= 0.6 is 23.2 Å². The molecule has 0 unspecified atom stereocenters. The van der Waals surface area contributed by atoms with Gasteiger partial charge < -0.3 is 5.11 Å². The van der Waals surface area contributed by atoms with E-state index in [2.05, 4.69) is 0 Å². The fraction of sp³-hybridized carbons (Fsp3) is 0. The molecule has 1 aromatic rings. The minimum atomic E-state index is -1.11. The maximum atomic E-state index is 12.5. The molecule has 0 aromatic heterocycles. The molecule has 1 nitrogen and oxygen atoms in total. The van der Waals surface area contributed by atoms with Gasteiger partial charge in [-0.1, -0.05) is 23.2 Å². The molecule has 0 aliphatic rings. The molecule has 0 atom stereocenters. The molecule has 60 valence electrons. The molecule has 0 amide bonds. The van der Waals surface area contributed by atoms with E-state index in [1.807, 2.05) is 0 Å². The van der Waals surface area contributed by atoms with E-state index in [4.69, 9.17) is 28.3 Å². The van der Waals surface area contributed by atoms with Gasteiger partial charge in [0.2, 0.25) is 0 Å². The van der Waals surface area contributed by atoms with Crippen LogP contribution in [0.25, 0.3) is 0 Å². The second kappa shape index (κ2) is 2.83. The number of aromatic hydroxyl groups is 1. The molecule has 0 saturated heterocycles. The predicted octanol–water partition coefficient (Wildman–Crippen LogP) is 2.98. The fourth-order valence-electron chi connectivity index (χ4n) is 0.561. The average molecular weight is 199 g/mol. The summed E-state index contributed by atoms with van der Waals surface area (Å²) in [5.41, 5.74) is 0. The molecule has 1 rings (SSSR count). The fourth-order valence-corrected chi connectivity index (χ4v) is 0.883. The second-order valence-electron chi connectivity index (χ2n) is 1.82. The van der Waals surface area contributed by atoms with Gasteiger partial charge >= 0.3 is 0 Å². The lowest BCUT2D eigenvalue weighted by Crippen LogP contribution is -1.84. The van der Waals surface area contributed by atoms with Crippen molar-refractivity contribution in [3.63, 3.8) is 0 Å². The standard InChI is InChI=1S/C6H2Cl2F2O/c7-2-1-3(9)4(8)6(11)5(2)10/h1,11H. The van der Waals surface area contributed by atoms with Gasteiger partial charge in [0, 0.05) is 0 Å². The van der Waals surface area contributed by atoms with E-state index >= 15 is 0 Å². The first-order valence-corrected chi connectivity index (χ1v) is 3.31. The molecule has 0 aliphatic carbocycles. The third-order valence-electron chi connectivity index (χ3n) is 1.09. The lowest BCUT2D eigenvalue weighted by Gasteiger charge is -2.00. The molecule has 1 aromatic carbocycles. The molecule has 0 heterocycles. The van der Waals surface area contributed by atoms with E-state index in [1.54, 1.807) is 0 Å². The summed E-state index contributed by atoms with van der Waals surface area (Å²) in [5.74, 6) is -3.02. The molecule has 0 fully saturated rings. The van der Waals surface area contributed by atoms with Crippen molar-refractivity contribution in [3.8, 4) is 5.75 Å². The van der Waals surface area contributed by atoms with Crippen molar-refractivity contribution in [3.05, 3.63) is 27.7 Å². The van der Waals surface area contributed by atoms with Crippen LogP contribution < -0.4 is 0 Å². The van der Waals surface area contributed by atoms with Gasteiger partial charge in [0.1, 0.15) is 10.8 Å². The first kappa shape index (κ1) is 8.56. The summed E-state index contributed by atoms with van der Waals surface area (Å²) in [4.78, 5) is 0. The lowest BCUT2D eigenvalue weighted by atomic mass is 10.3. The van der Waals surface area contributed by atoms with Crippen molar-refractivity contribution >= 4 is 23.2 Å². The van der Waals surface area contributed by atoms with Gasteiger partial charge in [-0.25, -0.2) is 8.78 Å². The number of rotatable bonds is 0. The van der Waals surface area contributed by atoms with Crippen LogP contribution in [0, 0.1) is 11.6 Å². The van der Waals surface area contributed by atoms with Gasteiger partial charge in [0.25, 0.3) is 0 Å². The van der Waals surface area contributed by atoms with Crippen LogP contribution in [-0.4, -0.2) is 5.11 Å². The zero-order valence-electron chi connectivity index (χ0n) is 5.04. The maximum Gasteiger partial charge on any atom is 0.185 e. The van der Waals surface area contributed by atoms with Crippen LogP contribution in [0.15, 0.2) is 6.07 Å². The SMILES string of the molecule is Oc1c(F)c(Cl)cc(F)c1Cl. The van der Waals surface area contributed by atoms with E-state index in [9.17, 15) is 8.78 Å². The van der Waals surface area contributed by atoms with E-state index in [0.29, 0.717) is 6.07 Å². The summed E-state index contributed by atoms with van der Waals surface area (Å²) in [6.07, 6.45) is 0. The van der Waals surface area contributed by atoms with Gasteiger partial charge in [-0.15, -0.1) is 0 Å². The van der Waals surface area contributed by atoms with E-state index in [1.165, 1.54) is 0 Å². The molecule has 0 bridgehead atoms. The van der Waals surface area contributed by atoms with Crippen molar-refractivity contribution < 1.29 is 13.9 Å². The molecule has 0 aliphatic heterocycles. The quantitative estimate of drug-likeness (QED) is 0.636. The van der Waals surface area contributed by atoms with E-state index in [0.717, 1.165) is 0 Å². The van der Waals surface area contributed by atoms with Crippen LogP contribution in [0.5, 0.6) is 5.75 Å². The minimum Gasteiger partial charge on any atom is -0.504 e. The maximum absolute atomic E-state index is 12.5. The van der Waals surface area contributed by atoms with Crippen LogP contribution in [0.2, 0.25) is 10.0 Å². The number of phenols is 1. The Morgan fingerprint density at radius 1 is 1.27 bits per heavy atom. The van der Waals surface area contributed by atoms with Crippen molar-refractivity contribution in [2.75, 3.05) is 0 Å². The molecule has 11 heavy (non-hydrogen) atoms. The zero-order chi connectivity index (χ0) is 8.59. The highest BCUT2D eigenvalue weighted by Crippen LogP contribution is 2.33. The lowest BCUT2D eigenvalue weighted by molar-refractivity contribution is 0.427. The van der Waals surface area contributed by atoms with Gasteiger partial charge in [-0.3, -0.25) is 0 Å². The molecule has 0 radical (unpaired) electrons. The summed E-state index contributed by atoms with van der Waals surface area (Å²) >= 11 is 10.3. The number of halogens is 4. The summed E-state index contributed by atoms with van der Waals surface area (Å²) in [6, 6.07) is 0.693. The van der Waals surface area contributed by atoms with Crippen molar-refractivity contribution in [1.29, 1.82) is 0 Å². The molecular formula is C6H2Cl2F2O. The Hall–Kier alpha value is -0.540. The molecule has 1 N–H and O–H groups in total. The summed E-state index contributed by atoms with van der Waals surface area (Å²) in [6.45, 7) is 0. The van der Waals surface area contributed by atoms with Gasteiger partial charge in [0.15, 0.2) is 11.6 Å². The predicted molar refractivity (Wildman–Crippen MR) is 38.0 cm³/mol. The van der Waals surface area contributed by atoms with Gasteiger partial charge in [-0.2, -0.15) is 0 Å². The number of hydrogen-bond acceptors (Lipinski definition) is 1. The number of phenolic OH excluding ortho intramolecular Hbond substituents is 1. The number of hydrogen-bond donors (Lipinski definition) is 1. The van der Waals surface area contributed by atoms with Crippen LogP contribution in [0.3, 0.4) is 0 Å². The molecule has 5 heteroatoms. The third kappa shape index (κ3) is 1.39. The Labute approximate surface area is 71.2 Å². The topological polar surface area (TPSA) is 20.2 Å². The Morgan fingerprint density at radius 2 is 1.82 bits per heavy atom. The smallest absolute Gasteiger partial charge is 0.185 e. The highest BCUT2D eigenvalue weighted by molar-refractivity contribution is 6.34. The zero-order valence-corrected chi connectivity index (χ0v) is 6.55. The minimum absolute atomic E-state index is 0.496. The summed E-state index contributed by atoms with van der Waals surface area (Å²) in [7, 11) is 0. The van der Waals surface area contributed by atoms with Crippen LogP contribution in [0.4, 0.5) is 8.78 Å². The monoisotopic (exact) mass is 198 g/mol. The van der Waals surface area contributed by atoms with Crippen LogP contribution in [0.1, 0.15) is 0 Å². The van der Waals surface area contributed by atoms with E-state index in [-0.39, 0.29) is 0 Å². The van der Waals surface area contributed by atoms with Crippen LogP contribution in [-0.2, 0) is 0 Å². The first-order valence-electron chi connectivity index (χ1n) is 2.56. The van der Waals surface area contributed by atoms with Crippen molar-refractivity contribution in [2.45, 2.75) is 0 Å². The Kier molecular flexibility index (Phi) is 2.20. The van der Waals surface area contributed by atoms with E-state index < -0.39 is 27.4 Å². The Bertz CT molecular complexity index is 275. The molecule has 0 saturated carbocycles. The van der Waals surface area contributed by atoms with Gasteiger partial charge in [0.05, 0.1) is 5.02 Å². The van der Waals surface area contributed by atoms with Crippen molar-refractivity contribution in [1.82, 2.24) is 0 Å². The summed E-state index contributed by atoms with van der Waals surface area (Å²) < 4.78 is 25.0. The number of benzene rings is 1. The Morgan fingerprint density at radius 3 is 2.36 bits per heavy atom. The van der Waals surface area contributed by atoms with Gasteiger partial charge in [-0.05, 0) is 6.07 Å². The highest BCUT2D eigenvalue weighted by Gasteiger charge is 2.14. The second-order valence-corrected chi connectivity index (χ2v) is 2.60. The average Bonchev–Trinajstić information content (AvgIpc) is 1.97.